The molecule has 7 nitrogen and oxygen atoms in total. The smallest absolute Gasteiger partial charge is 0.191 e. The number of aliphatic imine (C=N–C) groups is 1. The Hall–Kier alpha value is -2.64. The van der Waals surface area contributed by atoms with E-state index in [0.29, 0.717) is 12.6 Å². The minimum absolute atomic E-state index is 0.300. The number of piperazine rings is 1. The number of nitrogens with one attached hydrogen (secondary N) is 2. The molecule has 1 unspecified atom stereocenters. The predicted molar refractivity (Wildman–Crippen MR) is 134 cm³/mol. The van der Waals surface area contributed by atoms with Gasteiger partial charge in [0.15, 0.2) is 5.96 Å². The number of pyridine rings is 1. The highest BCUT2D eigenvalue weighted by molar-refractivity contribution is 5.79. The molecular formula is C25H39N7. The van der Waals surface area contributed by atoms with E-state index in [9.17, 15) is 0 Å². The van der Waals surface area contributed by atoms with Gasteiger partial charge < -0.3 is 20.4 Å². The maximum absolute atomic E-state index is 4.69. The molecule has 0 amide bonds. The van der Waals surface area contributed by atoms with Crippen molar-refractivity contribution in [1.29, 1.82) is 0 Å². The summed E-state index contributed by atoms with van der Waals surface area (Å²) in [7, 11) is 3.99. The predicted octanol–water partition coefficient (Wildman–Crippen LogP) is 2.58. The van der Waals surface area contributed by atoms with Crippen LogP contribution in [-0.2, 0) is 6.54 Å². The minimum Gasteiger partial charge on any atom is -0.354 e. The minimum atomic E-state index is 0.300. The van der Waals surface area contributed by atoms with Crippen molar-refractivity contribution < 1.29 is 0 Å². The van der Waals surface area contributed by atoms with E-state index in [1.54, 1.807) is 0 Å². The van der Waals surface area contributed by atoms with Crippen molar-refractivity contribution in [3.05, 3.63) is 59.8 Å². The first kappa shape index (κ1) is 24.0. The molecule has 0 spiro atoms. The van der Waals surface area contributed by atoms with Crippen LogP contribution in [0.1, 0.15) is 31.0 Å². The molecule has 7 heteroatoms. The normalized spacial score (nSPS) is 16.3. The third-order valence-electron chi connectivity index (χ3n) is 6.22. The van der Waals surface area contributed by atoms with Crippen LogP contribution in [0.2, 0.25) is 0 Å². The average molecular weight is 438 g/mol. The van der Waals surface area contributed by atoms with Gasteiger partial charge in [-0.25, -0.2) is 4.98 Å². The Labute approximate surface area is 193 Å². The summed E-state index contributed by atoms with van der Waals surface area (Å²) in [5.74, 6) is 1.87. The highest BCUT2D eigenvalue weighted by Gasteiger charge is 2.18. The fourth-order valence-corrected chi connectivity index (χ4v) is 4.14. The third kappa shape index (κ3) is 6.68. The van der Waals surface area contributed by atoms with Gasteiger partial charge in [-0.05, 0) is 37.3 Å². The molecule has 1 aromatic carbocycles. The second-order valence-electron chi connectivity index (χ2n) is 8.27. The van der Waals surface area contributed by atoms with Crippen molar-refractivity contribution in [1.82, 2.24) is 25.4 Å². The second-order valence-corrected chi connectivity index (χ2v) is 8.27. The van der Waals surface area contributed by atoms with Gasteiger partial charge in [-0.3, -0.25) is 9.89 Å². The van der Waals surface area contributed by atoms with Gasteiger partial charge in [-0.2, -0.15) is 0 Å². The molecule has 2 N–H and O–H groups in total. The molecule has 0 bridgehead atoms. The highest BCUT2D eigenvalue weighted by atomic mass is 15.3. The molecule has 1 fully saturated rings. The van der Waals surface area contributed by atoms with E-state index >= 15 is 0 Å². The molecule has 1 aliphatic heterocycles. The zero-order valence-electron chi connectivity index (χ0n) is 20.1. The largest absolute Gasteiger partial charge is 0.354 e. The van der Waals surface area contributed by atoms with Crippen molar-refractivity contribution in [3.63, 3.8) is 0 Å². The lowest BCUT2D eigenvalue weighted by Crippen LogP contribution is -2.44. The van der Waals surface area contributed by atoms with Gasteiger partial charge >= 0.3 is 0 Å². The molecule has 1 atom stereocenters. The van der Waals surface area contributed by atoms with Crippen LogP contribution in [0.4, 0.5) is 5.82 Å². The first-order valence-electron chi connectivity index (χ1n) is 11.8. The van der Waals surface area contributed by atoms with Gasteiger partial charge in [0.2, 0.25) is 0 Å². The van der Waals surface area contributed by atoms with Crippen LogP contribution < -0.4 is 15.5 Å². The number of rotatable bonds is 9. The molecule has 2 aromatic rings. The zero-order chi connectivity index (χ0) is 22.8. The van der Waals surface area contributed by atoms with Crippen LogP contribution in [0, 0.1) is 0 Å². The molecule has 174 valence electrons. The fourth-order valence-electron chi connectivity index (χ4n) is 4.14. The summed E-state index contributed by atoms with van der Waals surface area (Å²) in [6.07, 6.45) is 1.97. The van der Waals surface area contributed by atoms with Crippen LogP contribution >= 0.6 is 0 Å². The molecular weight excluding hydrogens is 398 g/mol. The standard InChI is InChI=1S/C25H39N7/c1-5-31(6-2)23(22-10-8-7-9-11-22)20-29-25(26-3)28-19-21-12-13-24(27-18-21)32-16-14-30(4)15-17-32/h7-13,18,23H,5-6,14-17,19-20H2,1-4H3,(H2,26,28,29). The highest BCUT2D eigenvalue weighted by Crippen LogP contribution is 2.19. The molecule has 0 saturated carbocycles. The van der Waals surface area contributed by atoms with Gasteiger partial charge in [0.05, 0.1) is 6.04 Å². The van der Waals surface area contributed by atoms with E-state index in [1.165, 1.54) is 5.56 Å². The number of aromatic nitrogens is 1. The maximum atomic E-state index is 4.69. The Morgan fingerprint density at radius 3 is 2.34 bits per heavy atom. The Bertz CT molecular complexity index is 810. The van der Waals surface area contributed by atoms with Crippen molar-refractivity contribution in [2.24, 2.45) is 4.99 Å². The topological polar surface area (TPSA) is 59.0 Å². The molecule has 2 heterocycles. The second kappa shape index (κ2) is 12.4. The number of hydrogen-bond acceptors (Lipinski definition) is 5. The number of likely N-dealkylation sites (N-methyl/N-ethyl adjacent to an activating group) is 2. The van der Waals surface area contributed by atoms with Gasteiger partial charge in [0, 0.05) is 52.5 Å². The molecule has 0 aliphatic carbocycles. The maximum Gasteiger partial charge on any atom is 0.191 e. The number of benzene rings is 1. The van der Waals surface area contributed by atoms with Crippen LogP contribution in [0.25, 0.3) is 0 Å². The number of guanidine groups is 1. The van der Waals surface area contributed by atoms with E-state index in [-0.39, 0.29) is 0 Å². The van der Waals surface area contributed by atoms with Crippen LogP contribution in [0.3, 0.4) is 0 Å². The first-order chi connectivity index (χ1) is 15.6. The van der Waals surface area contributed by atoms with E-state index in [0.717, 1.165) is 63.2 Å². The molecule has 3 rings (SSSR count). The lowest BCUT2D eigenvalue weighted by molar-refractivity contribution is 0.219. The Morgan fingerprint density at radius 1 is 1.03 bits per heavy atom. The van der Waals surface area contributed by atoms with E-state index in [4.69, 9.17) is 4.98 Å². The average Bonchev–Trinajstić information content (AvgIpc) is 2.85. The summed E-state index contributed by atoms with van der Waals surface area (Å²) < 4.78 is 0. The van der Waals surface area contributed by atoms with Gasteiger partial charge in [0.25, 0.3) is 0 Å². The SMILES string of the molecule is CCN(CC)C(CNC(=NC)NCc1ccc(N2CCN(C)CC2)nc1)c1ccccc1. The van der Waals surface area contributed by atoms with Crippen LogP contribution in [0.5, 0.6) is 0 Å². The van der Waals surface area contributed by atoms with E-state index < -0.39 is 0 Å². The van der Waals surface area contributed by atoms with Crippen molar-refractivity contribution >= 4 is 11.8 Å². The number of nitrogens with zero attached hydrogens (tertiary/aromatic N) is 5. The summed E-state index contributed by atoms with van der Waals surface area (Å²) in [5, 5.41) is 6.95. The molecule has 32 heavy (non-hydrogen) atoms. The quantitative estimate of drug-likeness (QED) is 0.465. The van der Waals surface area contributed by atoms with Gasteiger partial charge in [0.1, 0.15) is 5.82 Å². The summed E-state index contributed by atoms with van der Waals surface area (Å²) in [6, 6.07) is 15.3. The Balaban J connectivity index is 1.53. The summed E-state index contributed by atoms with van der Waals surface area (Å²) >= 11 is 0. The zero-order valence-corrected chi connectivity index (χ0v) is 20.1. The molecule has 0 radical (unpaired) electrons. The van der Waals surface area contributed by atoms with Crippen molar-refractivity contribution in [2.45, 2.75) is 26.4 Å². The van der Waals surface area contributed by atoms with Gasteiger partial charge in [-0.15, -0.1) is 0 Å². The van der Waals surface area contributed by atoms with Crippen molar-refractivity contribution in [3.8, 4) is 0 Å². The van der Waals surface area contributed by atoms with E-state index in [1.807, 2.05) is 13.2 Å². The lowest BCUT2D eigenvalue weighted by Gasteiger charge is -2.33. The summed E-state index contributed by atoms with van der Waals surface area (Å²) in [4.78, 5) is 16.3. The Morgan fingerprint density at radius 2 is 1.75 bits per heavy atom. The van der Waals surface area contributed by atoms with E-state index in [2.05, 4.69) is 93.7 Å². The molecule has 1 aromatic heterocycles. The first-order valence-corrected chi connectivity index (χ1v) is 11.8. The Kier molecular flexibility index (Phi) is 9.31. The lowest BCUT2D eigenvalue weighted by atomic mass is 10.1. The molecule has 1 aliphatic rings. The summed E-state index contributed by atoms with van der Waals surface area (Å²) in [5.41, 5.74) is 2.47. The monoisotopic (exact) mass is 437 g/mol. The number of hydrogen-bond donors (Lipinski definition) is 2. The van der Waals surface area contributed by atoms with Crippen molar-refractivity contribution in [2.75, 3.05) is 64.8 Å². The number of anilines is 1. The van der Waals surface area contributed by atoms with Crippen LogP contribution in [0.15, 0.2) is 53.7 Å². The van der Waals surface area contributed by atoms with Gasteiger partial charge in [-0.1, -0.05) is 50.2 Å². The third-order valence-corrected chi connectivity index (χ3v) is 6.22. The van der Waals surface area contributed by atoms with Crippen LogP contribution in [-0.4, -0.2) is 80.7 Å². The molecule has 1 saturated heterocycles. The fraction of sp³-hybridized carbons (Fsp3) is 0.520. The summed E-state index contributed by atoms with van der Waals surface area (Å²) in [6.45, 7) is 12.2.